The topological polar surface area (TPSA) is 93.0 Å². The van der Waals surface area contributed by atoms with Gasteiger partial charge in [0.15, 0.2) is 0 Å². The van der Waals surface area contributed by atoms with Crippen LogP contribution in [0.1, 0.15) is 34.5 Å². The fourth-order valence-corrected chi connectivity index (χ4v) is 3.24. The van der Waals surface area contributed by atoms with E-state index in [1.54, 1.807) is 0 Å². The monoisotopic (exact) mass is 300 g/mol. The van der Waals surface area contributed by atoms with Gasteiger partial charge >= 0.3 is 0 Å². The smallest absolute Gasteiger partial charge is 0.251 e. The van der Waals surface area contributed by atoms with E-state index >= 15 is 0 Å². The number of carbonyl (C=O) groups is 1. The highest BCUT2D eigenvalue weighted by Gasteiger charge is 2.17. The molecule has 1 fully saturated rings. The molecule has 0 spiro atoms. The molecule has 7 nitrogen and oxygen atoms in total. The molecule has 1 aliphatic carbocycles. The first-order valence-electron chi connectivity index (χ1n) is 7.74. The van der Waals surface area contributed by atoms with Gasteiger partial charge in [-0.1, -0.05) is 6.07 Å². The van der Waals surface area contributed by atoms with Crippen molar-refractivity contribution in [2.45, 2.75) is 31.8 Å². The number of rotatable bonds is 3. The molecule has 2 aliphatic rings. The number of nitrogens with one attached hydrogen (secondary N) is 6. The molecule has 1 saturated heterocycles. The van der Waals surface area contributed by atoms with Crippen LogP contribution in [0.25, 0.3) is 10.9 Å². The first-order valence-corrected chi connectivity index (χ1v) is 7.74. The highest BCUT2D eigenvalue weighted by Crippen LogP contribution is 2.29. The second-order valence-electron chi connectivity index (χ2n) is 5.85. The van der Waals surface area contributed by atoms with Gasteiger partial charge < -0.3 is 10.3 Å². The second-order valence-corrected chi connectivity index (χ2v) is 5.85. The normalized spacial score (nSPS) is 18.5. The second kappa shape index (κ2) is 5.69. The van der Waals surface area contributed by atoms with E-state index in [0.717, 1.165) is 18.4 Å². The molecular formula is C15H20N6O. The lowest BCUT2D eigenvalue weighted by Gasteiger charge is -2.11. The molecule has 0 bridgehead atoms. The summed E-state index contributed by atoms with van der Waals surface area (Å²) < 4.78 is 0. The SMILES string of the molecule is O=C(NCC1NNNN1)c1ccc2c3c([nH]c2c1)CCCC3. The van der Waals surface area contributed by atoms with E-state index < -0.39 is 0 Å². The van der Waals surface area contributed by atoms with Crippen molar-refractivity contribution in [3.63, 3.8) is 0 Å². The molecule has 1 aromatic heterocycles. The molecule has 7 heteroatoms. The van der Waals surface area contributed by atoms with Gasteiger partial charge in [-0.15, -0.1) is 0 Å². The minimum atomic E-state index is -0.0648. The highest BCUT2D eigenvalue weighted by atomic mass is 16.1. The summed E-state index contributed by atoms with van der Waals surface area (Å²) >= 11 is 0. The number of carbonyl (C=O) groups excluding carboxylic acids is 1. The van der Waals surface area contributed by atoms with Gasteiger partial charge in [0.2, 0.25) is 0 Å². The fourth-order valence-electron chi connectivity index (χ4n) is 3.24. The third-order valence-electron chi connectivity index (χ3n) is 4.38. The van der Waals surface area contributed by atoms with E-state index in [1.165, 1.54) is 29.5 Å². The van der Waals surface area contributed by atoms with Crippen molar-refractivity contribution < 1.29 is 4.79 Å². The Labute approximate surface area is 128 Å². The Balaban J connectivity index is 1.52. The van der Waals surface area contributed by atoms with Gasteiger partial charge in [0.25, 0.3) is 5.91 Å². The van der Waals surface area contributed by atoms with Gasteiger partial charge in [-0.2, -0.15) is 11.1 Å². The summed E-state index contributed by atoms with van der Waals surface area (Å²) in [6, 6.07) is 5.93. The van der Waals surface area contributed by atoms with Crippen LogP contribution < -0.4 is 27.2 Å². The molecule has 0 saturated carbocycles. The summed E-state index contributed by atoms with van der Waals surface area (Å²) in [6.45, 7) is 0.484. The van der Waals surface area contributed by atoms with Crippen molar-refractivity contribution in [3.05, 3.63) is 35.0 Å². The highest BCUT2D eigenvalue weighted by molar-refractivity contribution is 5.98. The van der Waals surface area contributed by atoms with Crippen LogP contribution in [0.3, 0.4) is 0 Å². The Hall–Kier alpha value is -1.93. The Kier molecular flexibility index (Phi) is 3.55. The molecule has 116 valence electrons. The van der Waals surface area contributed by atoms with E-state index in [9.17, 15) is 4.79 Å². The first kappa shape index (κ1) is 13.7. The number of hydrazine groups is 3. The average molecular weight is 300 g/mol. The molecule has 22 heavy (non-hydrogen) atoms. The van der Waals surface area contributed by atoms with Crippen molar-refractivity contribution in [2.75, 3.05) is 6.54 Å². The van der Waals surface area contributed by atoms with Crippen LogP contribution in [-0.4, -0.2) is 23.6 Å². The molecular weight excluding hydrogens is 280 g/mol. The summed E-state index contributed by atoms with van der Waals surface area (Å²) in [5.41, 5.74) is 15.8. The quantitative estimate of drug-likeness (QED) is 0.488. The van der Waals surface area contributed by atoms with Gasteiger partial charge in [0, 0.05) is 28.7 Å². The maximum Gasteiger partial charge on any atom is 0.251 e. The van der Waals surface area contributed by atoms with Crippen LogP contribution in [0.5, 0.6) is 0 Å². The van der Waals surface area contributed by atoms with Crippen LogP contribution in [0.15, 0.2) is 18.2 Å². The molecule has 0 atom stereocenters. The number of hydrogen-bond donors (Lipinski definition) is 6. The van der Waals surface area contributed by atoms with Crippen LogP contribution in [0.4, 0.5) is 0 Å². The minimum absolute atomic E-state index is 0.0366. The van der Waals surface area contributed by atoms with Crippen LogP contribution in [0, 0.1) is 0 Å². The average Bonchev–Trinajstić information content (AvgIpc) is 3.19. The van der Waals surface area contributed by atoms with Gasteiger partial charge in [0.05, 0.1) is 0 Å². The summed E-state index contributed by atoms with van der Waals surface area (Å²) in [5.74, 6) is -0.0648. The van der Waals surface area contributed by atoms with E-state index in [-0.39, 0.29) is 12.1 Å². The lowest BCUT2D eigenvalue weighted by atomic mass is 9.95. The van der Waals surface area contributed by atoms with Crippen molar-refractivity contribution >= 4 is 16.8 Å². The van der Waals surface area contributed by atoms with Gasteiger partial charge in [-0.3, -0.25) is 4.79 Å². The number of benzene rings is 1. The third-order valence-corrected chi connectivity index (χ3v) is 4.38. The van der Waals surface area contributed by atoms with Crippen molar-refractivity contribution in [1.29, 1.82) is 0 Å². The Morgan fingerprint density at radius 3 is 2.86 bits per heavy atom. The standard InChI is InChI=1S/C15H20N6O/c22-15(16-8-14-18-20-21-19-14)9-5-6-11-10-3-1-2-4-12(10)17-13(11)7-9/h5-7,14,17-21H,1-4,8H2,(H,16,22). The van der Waals surface area contributed by atoms with E-state index in [2.05, 4.69) is 38.3 Å². The Morgan fingerprint density at radius 2 is 2.00 bits per heavy atom. The molecule has 4 rings (SSSR count). The Bertz CT molecular complexity index is 703. The zero-order valence-electron chi connectivity index (χ0n) is 12.3. The summed E-state index contributed by atoms with van der Waals surface area (Å²) in [7, 11) is 0. The predicted octanol–water partition coefficient (Wildman–Crippen LogP) is 0.220. The van der Waals surface area contributed by atoms with Crippen LogP contribution >= 0.6 is 0 Å². The number of fused-ring (bicyclic) bond motifs is 3. The molecule has 1 aromatic carbocycles. The summed E-state index contributed by atoms with van der Waals surface area (Å²) in [4.78, 5) is 15.8. The number of aromatic amines is 1. The maximum absolute atomic E-state index is 12.3. The van der Waals surface area contributed by atoms with Gasteiger partial charge in [-0.25, -0.2) is 10.9 Å². The lowest BCUT2D eigenvalue weighted by molar-refractivity contribution is 0.0949. The zero-order chi connectivity index (χ0) is 14.9. The lowest BCUT2D eigenvalue weighted by Crippen LogP contribution is -2.44. The zero-order valence-corrected chi connectivity index (χ0v) is 12.3. The molecule has 6 N–H and O–H groups in total. The Morgan fingerprint density at radius 1 is 1.18 bits per heavy atom. The number of hydrogen-bond acceptors (Lipinski definition) is 5. The fraction of sp³-hybridized carbons (Fsp3) is 0.400. The molecule has 1 aliphatic heterocycles. The van der Waals surface area contributed by atoms with Gasteiger partial charge in [0.1, 0.15) is 6.17 Å². The van der Waals surface area contributed by atoms with E-state index in [1.807, 2.05) is 12.1 Å². The molecule has 2 aromatic rings. The van der Waals surface area contributed by atoms with Gasteiger partial charge in [-0.05, 0) is 43.4 Å². The minimum Gasteiger partial charge on any atom is -0.358 e. The molecule has 0 radical (unpaired) electrons. The van der Waals surface area contributed by atoms with Crippen LogP contribution in [0.2, 0.25) is 0 Å². The predicted molar refractivity (Wildman–Crippen MR) is 83.6 cm³/mol. The number of aromatic nitrogens is 1. The first-order chi connectivity index (χ1) is 10.8. The number of aryl methyl sites for hydroxylation is 2. The summed E-state index contributed by atoms with van der Waals surface area (Å²) in [6.07, 6.45) is 4.72. The van der Waals surface area contributed by atoms with Crippen molar-refractivity contribution in [3.8, 4) is 0 Å². The molecule has 1 amide bonds. The largest absolute Gasteiger partial charge is 0.358 e. The maximum atomic E-state index is 12.3. The summed E-state index contributed by atoms with van der Waals surface area (Å²) in [5, 5.41) is 4.17. The number of amides is 1. The van der Waals surface area contributed by atoms with Crippen molar-refractivity contribution in [2.24, 2.45) is 0 Å². The molecule has 0 unspecified atom stereocenters. The van der Waals surface area contributed by atoms with E-state index in [4.69, 9.17) is 0 Å². The number of H-pyrrole nitrogens is 1. The van der Waals surface area contributed by atoms with E-state index in [0.29, 0.717) is 12.1 Å². The third kappa shape index (κ3) is 2.48. The van der Waals surface area contributed by atoms with Crippen molar-refractivity contribution in [1.82, 2.24) is 32.2 Å². The van der Waals surface area contributed by atoms with Crippen LogP contribution in [-0.2, 0) is 12.8 Å². The molecule has 2 heterocycles.